The molecule has 0 unspecified atom stereocenters. The van der Waals surface area contributed by atoms with Crippen LogP contribution in [0.4, 0.5) is 20.2 Å². The number of aryl methyl sites for hydroxylation is 1. The number of nitrogens with zero attached hydrogens (tertiary/aromatic N) is 3. The SMILES string of the molecule is Cc1ccc(NC(=O)CN2CCN(C(=O)c3ccccc3OC(F)F)CC2)c([N+](=O)[O-])c1. The van der Waals surface area contributed by atoms with E-state index in [0.29, 0.717) is 31.7 Å². The highest BCUT2D eigenvalue weighted by Gasteiger charge is 2.26. The first kappa shape index (κ1) is 23.1. The Morgan fingerprint density at radius 2 is 1.84 bits per heavy atom. The first-order valence-electron chi connectivity index (χ1n) is 9.85. The number of rotatable bonds is 7. The Morgan fingerprint density at radius 1 is 1.16 bits per heavy atom. The molecular formula is C21H22F2N4O5. The van der Waals surface area contributed by atoms with Crippen LogP contribution in [-0.4, -0.2) is 65.9 Å². The van der Waals surface area contributed by atoms with E-state index in [1.165, 1.54) is 35.2 Å². The van der Waals surface area contributed by atoms with Gasteiger partial charge >= 0.3 is 6.61 Å². The van der Waals surface area contributed by atoms with E-state index < -0.39 is 23.3 Å². The lowest BCUT2D eigenvalue weighted by atomic mass is 10.1. The number of hydrogen-bond acceptors (Lipinski definition) is 6. The second-order valence-electron chi connectivity index (χ2n) is 7.27. The van der Waals surface area contributed by atoms with Crippen molar-refractivity contribution in [3.05, 3.63) is 63.7 Å². The number of nitro benzene ring substituents is 1. The van der Waals surface area contributed by atoms with E-state index in [4.69, 9.17) is 0 Å². The summed E-state index contributed by atoms with van der Waals surface area (Å²) in [6.07, 6.45) is 0. The van der Waals surface area contributed by atoms with Crippen molar-refractivity contribution in [2.24, 2.45) is 0 Å². The van der Waals surface area contributed by atoms with Gasteiger partial charge < -0.3 is 15.0 Å². The van der Waals surface area contributed by atoms with Gasteiger partial charge in [0.2, 0.25) is 5.91 Å². The van der Waals surface area contributed by atoms with Crippen LogP contribution in [0.5, 0.6) is 5.75 Å². The van der Waals surface area contributed by atoms with Gasteiger partial charge in [-0.05, 0) is 30.7 Å². The number of ether oxygens (including phenoxy) is 1. The van der Waals surface area contributed by atoms with Crippen molar-refractivity contribution < 1.29 is 28.0 Å². The lowest BCUT2D eigenvalue weighted by Gasteiger charge is -2.34. The molecule has 1 heterocycles. The fourth-order valence-electron chi connectivity index (χ4n) is 3.41. The highest BCUT2D eigenvalue weighted by molar-refractivity contribution is 5.97. The average molecular weight is 448 g/mol. The van der Waals surface area contributed by atoms with Crippen LogP contribution in [0.15, 0.2) is 42.5 Å². The van der Waals surface area contributed by atoms with Crippen LogP contribution < -0.4 is 10.1 Å². The number of nitro groups is 1. The molecule has 0 saturated carbocycles. The van der Waals surface area contributed by atoms with Crippen LogP contribution in [-0.2, 0) is 4.79 Å². The summed E-state index contributed by atoms with van der Waals surface area (Å²) in [5.74, 6) is -1.03. The molecule has 0 bridgehead atoms. The Balaban J connectivity index is 1.56. The molecule has 1 N–H and O–H groups in total. The minimum absolute atomic E-state index is 0.00184. The van der Waals surface area contributed by atoms with Crippen molar-refractivity contribution in [2.75, 3.05) is 38.0 Å². The van der Waals surface area contributed by atoms with Crippen molar-refractivity contribution in [2.45, 2.75) is 13.5 Å². The van der Waals surface area contributed by atoms with Gasteiger partial charge in [-0.3, -0.25) is 24.6 Å². The van der Waals surface area contributed by atoms with E-state index in [9.17, 15) is 28.5 Å². The summed E-state index contributed by atoms with van der Waals surface area (Å²) < 4.78 is 29.6. The van der Waals surface area contributed by atoms with Crippen molar-refractivity contribution in [3.8, 4) is 5.75 Å². The first-order valence-corrected chi connectivity index (χ1v) is 9.85. The summed E-state index contributed by atoms with van der Waals surface area (Å²) in [5.41, 5.74) is 0.690. The first-order chi connectivity index (χ1) is 15.2. The van der Waals surface area contributed by atoms with Crippen LogP contribution >= 0.6 is 0 Å². The number of nitrogens with one attached hydrogen (secondary N) is 1. The molecule has 170 valence electrons. The van der Waals surface area contributed by atoms with Crippen molar-refractivity contribution in [1.29, 1.82) is 0 Å². The maximum Gasteiger partial charge on any atom is 0.387 e. The van der Waals surface area contributed by atoms with Crippen LogP contribution in [0.25, 0.3) is 0 Å². The highest BCUT2D eigenvalue weighted by atomic mass is 19.3. The van der Waals surface area contributed by atoms with E-state index in [1.54, 1.807) is 24.0 Å². The number of benzene rings is 2. The molecule has 2 aromatic carbocycles. The average Bonchev–Trinajstić information content (AvgIpc) is 2.75. The van der Waals surface area contributed by atoms with Crippen LogP contribution in [0, 0.1) is 17.0 Å². The third-order valence-electron chi connectivity index (χ3n) is 4.98. The molecule has 0 spiro atoms. The number of alkyl halides is 2. The number of hydrogen-bond donors (Lipinski definition) is 1. The summed E-state index contributed by atoms with van der Waals surface area (Å²) in [6, 6.07) is 10.3. The molecule has 0 radical (unpaired) electrons. The minimum Gasteiger partial charge on any atom is -0.434 e. The Hall–Kier alpha value is -3.60. The summed E-state index contributed by atoms with van der Waals surface area (Å²) in [7, 11) is 0. The number of anilines is 1. The number of carbonyl (C=O) groups excluding carboxylic acids is 2. The van der Waals surface area contributed by atoms with Crippen LogP contribution in [0.1, 0.15) is 15.9 Å². The zero-order valence-corrected chi connectivity index (χ0v) is 17.3. The van der Waals surface area contributed by atoms with Gasteiger partial charge in [-0.2, -0.15) is 8.78 Å². The number of amides is 2. The summed E-state index contributed by atoms with van der Waals surface area (Å²) in [6.45, 7) is 0.0264. The van der Waals surface area contributed by atoms with E-state index in [1.807, 2.05) is 0 Å². The molecular weight excluding hydrogens is 426 g/mol. The van der Waals surface area contributed by atoms with Crippen LogP contribution in [0.3, 0.4) is 0 Å². The van der Waals surface area contributed by atoms with Gasteiger partial charge in [-0.1, -0.05) is 18.2 Å². The lowest BCUT2D eigenvalue weighted by molar-refractivity contribution is -0.384. The molecule has 9 nitrogen and oxygen atoms in total. The molecule has 0 aliphatic carbocycles. The minimum atomic E-state index is -3.04. The quantitative estimate of drug-likeness (QED) is 0.516. The molecule has 1 saturated heterocycles. The van der Waals surface area contributed by atoms with Crippen molar-refractivity contribution >= 4 is 23.2 Å². The van der Waals surface area contributed by atoms with Crippen LogP contribution in [0.2, 0.25) is 0 Å². The number of para-hydroxylation sites is 1. The second kappa shape index (κ2) is 10.1. The summed E-state index contributed by atoms with van der Waals surface area (Å²) in [4.78, 5) is 39.1. The summed E-state index contributed by atoms with van der Waals surface area (Å²) in [5, 5.41) is 13.8. The predicted molar refractivity (Wildman–Crippen MR) is 112 cm³/mol. The maximum atomic E-state index is 12.7. The van der Waals surface area contributed by atoms with Crippen molar-refractivity contribution in [1.82, 2.24) is 9.80 Å². The smallest absolute Gasteiger partial charge is 0.387 e. The van der Waals surface area contributed by atoms with Gasteiger partial charge in [-0.15, -0.1) is 0 Å². The third-order valence-corrected chi connectivity index (χ3v) is 4.98. The molecule has 3 rings (SSSR count). The molecule has 2 amide bonds. The van der Waals surface area contributed by atoms with Gasteiger partial charge in [0.15, 0.2) is 0 Å². The van der Waals surface area contributed by atoms with E-state index in [0.717, 1.165) is 0 Å². The fourth-order valence-corrected chi connectivity index (χ4v) is 3.41. The number of carbonyl (C=O) groups is 2. The number of piperazine rings is 1. The molecule has 32 heavy (non-hydrogen) atoms. The van der Waals surface area contributed by atoms with E-state index in [2.05, 4.69) is 10.1 Å². The molecule has 0 aromatic heterocycles. The Bertz CT molecular complexity index is 1010. The van der Waals surface area contributed by atoms with Crippen molar-refractivity contribution in [3.63, 3.8) is 0 Å². The molecule has 1 aliphatic rings. The Morgan fingerprint density at radius 3 is 2.50 bits per heavy atom. The molecule has 11 heteroatoms. The Labute approximate surface area is 182 Å². The van der Waals surface area contributed by atoms with Gasteiger partial charge in [-0.25, -0.2) is 0 Å². The van der Waals surface area contributed by atoms with Gasteiger partial charge in [0.1, 0.15) is 11.4 Å². The van der Waals surface area contributed by atoms with Gasteiger partial charge in [0.25, 0.3) is 11.6 Å². The van der Waals surface area contributed by atoms with Gasteiger partial charge in [0.05, 0.1) is 17.0 Å². The molecule has 0 atom stereocenters. The topological polar surface area (TPSA) is 105 Å². The standard InChI is InChI=1S/C21H22F2N4O5/c1-14-6-7-16(17(12-14)27(30)31)24-19(28)13-25-8-10-26(11-9-25)20(29)15-4-2-3-5-18(15)32-21(22)23/h2-7,12,21H,8-11,13H2,1H3,(H,24,28). The van der Waals surface area contributed by atoms with Gasteiger partial charge in [0, 0.05) is 32.2 Å². The zero-order chi connectivity index (χ0) is 23.3. The zero-order valence-electron chi connectivity index (χ0n) is 17.3. The lowest BCUT2D eigenvalue weighted by Crippen LogP contribution is -2.50. The summed E-state index contributed by atoms with van der Waals surface area (Å²) >= 11 is 0. The third kappa shape index (κ3) is 5.76. The maximum absolute atomic E-state index is 12.7. The fraction of sp³-hybridized carbons (Fsp3) is 0.333. The second-order valence-corrected chi connectivity index (χ2v) is 7.27. The molecule has 1 fully saturated rings. The number of halogens is 2. The largest absolute Gasteiger partial charge is 0.434 e. The monoisotopic (exact) mass is 448 g/mol. The van der Waals surface area contributed by atoms with E-state index in [-0.39, 0.29) is 29.2 Å². The molecule has 2 aromatic rings. The molecule has 1 aliphatic heterocycles. The predicted octanol–water partition coefficient (Wildman–Crippen LogP) is 2.90. The highest BCUT2D eigenvalue weighted by Crippen LogP contribution is 2.25. The normalized spacial score (nSPS) is 14.3. The van der Waals surface area contributed by atoms with E-state index >= 15 is 0 Å². The Kier molecular flexibility index (Phi) is 7.31.